The van der Waals surface area contributed by atoms with Crippen LogP contribution in [0, 0.1) is 0 Å². The Morgan fingerprint density at radius 1 is 0.778 bits per heavy atom. The van der Waals surface area contributed by atoms with Crippen LogP contribution in [0.1, 0.15) is 0 Å². The summed E-state index contributed by atoms with van der Waals surface area (Å²) in [6.45, 7) is 0. The molecule has 0 fully saturated rings. The second kappa shape index (κ2) is 2.93. The Morgan fingerprint density at radius 3 is 0.889 bits per heavy atom. The maximum Gasteiger partial charge on any atom is 2.00 e. The molecule has 9 heavy (non-hydrogen) atoms. The molecule has 0 bridgehead atoms. The van der Waals surface area contributed by atoms with Gasteiger partial charge in [0.2, 0.25) is 0 Å². The minimum atomic E-state index is -5.67. The summed E-state index contributed by atoms with van der Waals surface area (Å²) in [5.74, 6) is 0. The first-order chi connectivity index (χ1) is 3.25. The fourth-order valence-electron chi connectivity index (χ4n) is 0. The van der Waals surface area contributed by atoms with Crippen molar-refractivity contribution < 1.29 is 42.4 Å². The van der Waals surface area contributed by atoms with Gasteiger partial charge in [-0.05, 0) is 0 Å². The van der Waals surface area contributed by atoms with E-state index in [0.717, 1.165) is 0 Å². The summed E-state index contributed by atoms with van der Waals surface area (Å²) >= 11 is 0. The van der Waals surface area contributed by atoms with E-state index in [1.54, 1.807) is 0 Å². The quantitative estimate of drug-likeness (QED) is 0.285. The average molecular weight is 219 g/mol. The molecule has 6 nitrogen and oxygen atoms in total. The van der Waals surface area contributed by atoms with Crippen molar-refractivity contribution >= 4 is 18.3 Å². The van der Waals surface area contributed by atoms with Gasteiger partial charge in [0.05, 0.1) is 0 Å². The predicted octanol–water partition coefficient (Wildman–Crippen LogP) is -2.01. The second-order valence-corrected chi connectivity index (χ2v) is 4.90. The fourth-order valence-corrected chi connectivity index (χ4v) is 0. The zero-order valence-corrected chi connectivity index (χ0v) is 6.20. The van der Waals surface area contributed by atoms with E-state index in [0.29, 0.717) is 0 Å². The number of rotatable bonds is 1. The summed E-state index contributed by atoms with van der Waals surface area (Å²) in [5, 5.41) is 0. The smallest absolute Gasteiger partial charge is 0.736 e. The van der Waals surface area contributed by atoms with Crippen LogP contribution >= 0.6 is 0 Å². The van der Waals surface area contributed by atoms with Crippen molar-refractivity contribution in [3.05, 3.63) is 0 Å². The largest absolute Gasteiger partial charge is 2.00 e. The second-order valence-electron chi connectivity index (χ2n) is 0.816. The van der Waals surface area contributed by atoms with Crippen molar-refractivity contribution in [2.45, 2.75) is 0 Å². The van der Waals surface area contributed by atoms with E-state index >= 15 is 0 Å². The van der Waals surface area contributed by atoms with Gasteiger partial charge >= 0.3 is 16.5 Å². The predicted molar refractivity (Wildman–Crippen MR) is 19.4 cm³/mol. The van der Waals surface area contributed by atoms with Crippen molar-refractivity contribution in [2.24, 2.45) is 0 Å². The Hall–Kier alpha value is 0.314. The minimum absolute atomic E-state index is 0. The molecule has 0 aromatic carbocycles. The third-order valence-electron chi connectivity index (χ3n) is 0.250. The molecular weight excluding hydrogens is 219 g/mol. The first-order valence-corrected chi connectivity index (χ1v) is 4.50. The topological polar surface area (TPSA) is 114 Å². The number of hydrogen-bond acceptors (Lipinski definition) is 6. The third-order valence-corrected chi connectivity index (χ3v) is 2.25. The van der Waals surface area contributed by atoms with E-state index < -0.39 is 18.3 Å². The van der Waals surface area contributed by atoms with Crippen molar-refractivity contribution in [1.29, 1.82) is 0 Å². The Morgan fingerprint density at radius 2 is 0.889 bits per heavy atom. The number of hydrogen-bond donors (Lipinski definition) is 0. The molecule has 0 radical (unpaired) electrons. The zero-order valence-electron chi connectivity index (χ0n) is 3.58. The SMILES string of the molecule is O=S(=O)([O-])S(=O)(=O)[O-].[Ni+2]. The molecule has 0 unspecified atom stereocenters. The van der Waals surface area contributed by atoms with Gasteiger partial charge in [-0.2, -0.15) is 0 Å². The van der Waals surface area contributed by atoms with Crippen molar-refractivity contribution in [1.82, 2.24) is 0 Å². The van der Waals surface area contributed by atoms with Crippen molar-refractivity contribution in [2.75, 3.05) is 0 Å². The third kappa shape index (κ3) is 3.82. The molecule has 0 N–H and O–H groups in total. The Balaban J connectivity index is 0. The van der Waals surface area contributed by atoms with E-state index in [1.807, 2.05) is 0 Å². The van der Waals surface area contributed by atoms with Gasteiger partial charge in [0.15, 0.2) is 18.3 Å². The Kier molecular flexibility index (Phi) is 3.92. The fraction of sp³-hybridized carbons (Fsp3) is 0. The molecule has 0 rings (SSSR count). The summed E-state index contributed by atoms with van der Waals surface area (Å²) in [5.41, 5.74) is 0. The molecule has 0 saturated carbocycles. The van der Waals surface area contributed by atoms with Crippen LogP contribution in [-0.4, -0.2) is 25.9 Å². The molecule has 0 aliphatic carbocycles. The van der Waals surface area contributed by atoms with Gasteiger partial charge in [0, 0.05) is 0 Å². The maximum absolute atomic E-state index is 9.20. The minimum Gasteiger partial charge on any atom is -0.736 e. The van der Waals surface area contributed by atoms with Gasteiger partial charge in [-0.15, -0.1) is 0 Å². The molecule has 0 aromatic heterocycles. The molecule has 0 aliphatic heterocycles. The summed E-state index contributed by atoms with van der Waals surface area (Å²) in [6.07, 6.45) is 0. The van der Waals surface area contributed by atoms with Crippen LogP contribution in [0.25, 0.3) is 0 Å². The van der Waals surface area contributed by atoms with Crippen LogP contribution in [0.3, 0.4) is 0 Å². The molecule has 0 aromatic rings. The van der Waals surface area contributed by atoms with E-state index in [1.165, 1.54) is 0 Å². The van der Waals surface area contributed by atoms with Gasteiger partial charge in [-0.1, -0.05) is 0 Å². The zero-order chi connectivity index (χ0) is 7.00. The van der Waals surface area contributed by atoms with Gasteiger partial charge < -0.3 is 9.11 Å². The van der Waals surface area contributed by atoms with E-state index in [4.69, 9.17) is 0 Å². The summed E-state index contributed by atoms with van der Waals surface area (Å²) in [6, 6.07) is 0. The summed E-state index contributed by atoms with van der Waals surface area (Å²) < 4.78 is 55.2. The van der Waals surface area contributed by atoms with Gasteiger partial charge in [0.25, 0.3) is 0 Å². The Bertz CT molecular complexity index is 223. The van der Waals surface area contributed by atoms with E-state index in [9.17, 15) is 25.9 Å². The van der Waals surface area contributed by atoms with Crippen LogP contribution < -0.4 is 0 Å². The van der Waals surface area contributed by atoms with E-state index in [-0.39, 0.29) is 16.5 Å². The molecule has 9 heteroatoms. The monoisotopic (exact) mass is 218 g/mol. The molecule has 0 heterocycles. The van der Waals surface area contributed by atoms with E-state index in [2.05, 4.69) is 0 Å². The first kappa shape index (κ1) is 12.0. The van der Waals surface area contributed by atoms with Gasteiger partial charge in [-0.25, -0.2) is 16.8 Å². The summed E-state index contributed by atoms with van der Waals surface area (Å²) in [4.78, 5) is 0. The molecule has 0 saturated heterocycles. The van der Waals surface area contributed by atoms with Crippen LogP contribution in [-0.2, 0) is 34.8 Å². The standard InChI is InChI=1S/Ni.H2O6S2/c;1-7(2,3)8(4,5)6/h;(H,1,2,3)(H,4,5,6)/q+2;/p-2. The van der Waals surface area contributed by atoms with Crippen molar-refractivity contribution in [3.8, 4) is 0 Å². The maximum atomic E-state index is 9.20. The molecular formula is NiO6S2. The van der Waals surface area contributed by atoms with Gasteiger partial charge in [-0.3, -0.25) is 0 Å². The van der Waals surface area contributed by atoms with Crippen LogP contribution in [0.5, 0.6) is 0 Å². The molecule has 0 amide bonds. The first-order valence-electron chi connectivity index (χ1n) is 1.17. The van der Waals surface area contributed by atoms with Crippen LogP contribution in [0.4, 0.5) is 0 Å². The molecule has 58 valence electrons. The average Bonchev–Trinajstić information content (AvgIpc) is 1.25. The molecule has 0 aliphatic rings. The molecule has 0 spiro atoms. The normalized spacial score (nSPS) is 12.2. The summed E-state index contributed by atoms with van der Waals surface area (Å²) in [7, 11) is -11.3. The van der Waals surface area contributed by atoms with Gasteiger partial charge in [0.1, 0.15) is 0 Å². The molecule has 0 atom stereocenters. The van der Waals surface area contributed by atoms with Crippen LogP contribution in [0.15, 0.2) is 0 Å². The van der Waals surface area contributed by atoms with Crippen LogP contribution in [0.2, 0.25) is 0 Å². The van der Waals surface area contributed by atoms with Crippen molar-refractivity contribution in [3.63, 3.8) is 0 Å². The Labute approximate surface area is 61.1 Å².